The zero-order chi connectivity index (χ0) is 18.5. The van der Waals surface area contributed by atoms with Crippen LogP contribution < -0.4 is 19.7 Å². The molecule has 2 aromatic rings. The minimum atomic E-state index is -0.359. The first-order chi connectivity index (χ1) is 12.6. The Hall–Kier alpha value is -2.54. The van der Waals surface area contributed by atoms with Crippen LogP contribution in [-0.2, 0) is 16.0 Å². The highest BCUT2D eigenvalue weighted by molar-refractivity contribution is 7.09. The van der Waals surface area contributed by atoms with Gasteiger partial charge in [0.25, 0.3) is 0 Å². The molecule has 7 heteroatoms. The molecule has 1 aromatic carbocycles. The number of carbonyl (C=O) groups is 2. The second-order valence-electron chi connectivity index (χ2n) is 6.06. The van der Waals surface area contributed by atoms with Crippen LogP contribution in [0.1, 0.15) is 11.3 Å². The van der Waals surface area contributed by atoms with Gasteiger partial charge in [-0.05, 0) is 30.0 Å². The molecule has 0 spiro atoms. The summed E-state index contributed by atoms with van der Waals surface area (Å²) < 4.78 is 10.6. The van der Waals surface area contributed by atoms with Crippen molar-refractivity contribution < 1.29 is 19.1 Å². The van der Waals surface area contributed by atoms with E-state index in [1.54, 1.807) is 48.7 Å². The average molecular weight is 374 g/mol. The summed E-state index contributed by atoms with van der Waals surface area (Å²) in [4.78, 5) is 27.7. The van der Waals surface area contributed by atoms with Crippen LogP contribution in [0.5, 0.6) is 11.5 Å². The normalized spacial score (nSPS) is 16.6. The highest BCUT2D eigenvalue weighted by Crippen LogP contribution is 2.36. The molecule has 3 rings (SSSR count). The molecular formula is C19H22N2O4S. The standard InChI is InChI=1S/C19H22N2O4S/c1-24-14-5-6-17(25-2)16(11-14)21-12-13(10-18(21)22)19(23)20-8-7-15-4-3-9-26-15/h3-6,9,11,13H,7-8,10,12H2,1-2H3,(H,20,23)/t13-/m1/s1. The highest BCUT2D eigenvalue weighted by atomic mass is 32.1. The minimum absolute atomic E-state index is 0.0840. The number of amides is 2. The fraction of sp³-hybridized carbons (Fsp3) is 0.368. The fourth-order valence-corrected chi connectivity index (χ4v) is 3.74. The smallest absolute Gasteiger partial charge is 0.227 e. The molecule has 26 heavy (non-hydrogen) atoms. The van der Waals surface area contributed by atoms with Crippen molar-refractivity contribution in [3.63, 3.8) is 0 Å². The first kappa shape index (κ1) is 18.3. The van der Waals surface area contributed by atoms with E-state index in [0.717, 1.165) is 6.42 Å². The molecule has 1 aromatic heterocycles. The Morgan fingerprint density at radius 1 is 1.31 bits per heavy atom. The predicted molar refractivity (Wildman–Crippen MR) is 101 cm³/mol. The van der Waals surface area contributed by atoms with Crippen molar-refractivity contribution in [3.05, 3.63) is 40.6 Å². The third-order valence-corrected chi connectivity index (χ3v) is 5.36. The number of nitrogens with zero attached hydrogens (tertiary/aromatic N) is 1. The van der Waals surface area contributed by atoms with Crippen molar-refractivity contribution in [2.45, 2.75) is 12.8 Å². The monoisotopic (exact) mass is 374 g/mol. The number of carbonyl (C=O) groups excluding carboxylic acids is 2. The maximum Gasteiger partial charge on any atom is 0.227 e. The molecule has 1 aliphatic heterocycles. The Balaban J connectivity index is 1.63. The first-order valence-electron chi connectivity index (χ1n) is 8.45. The molecule has 2 amide bonds. The molecule has 0 saturated carbocycles. The number of methoxy groups -OCH3 is 2. The van der Waals surface area contributed by atoms with Gasteiger partial charge in [-0.1, -0.05) is 6.07 Å². The van der Waals surface area contributed by atoms with Crippen LogP contribution in [0.25, 0.3) is 0 Å². The van der Waals surface area contributed by atoms with Crippen LogP contribution in [0.4, 0.5) is 5.69 Å². The number of nitrogens with one attached hydrogen (secondary N) is 1. The zero-order valence-corrected chi connectivity index (χ0v) is 15.7. The van der Waals surface area contributed by atoms with E-state index in [1.807, 2.05) is 17.5 Å². The van der Waals surface area contributed by atoms with Crippen LogP contribution in [0.15, 0.2) is 35.7 Å². The Morgan fingerprint density at radius 3 is 2.85 bits per heavy atom. The lowest BCUT2D eigenvalue weighted by Gasteiger charge is -2.20. The van der Waals surface area contributed by atoms with Crippen LogP contribution in [-0.4, -0.2) is 39.1 Å². The summed E-state index contributed by atoms with van der Waals surface area (Å²) in [6.07, 6.45) is 1.00. The largest absolute Gasteiger partial charge is 0.497 e. The van der Waals surface area contributed by atoms with E-state index in [2.05, 4.69) is 5.32 Å². The van der Waals surface area contributed by atoms with E-state index in [1.165, 1.54) is 4.88 Å². The van der Waals surface area contributed by atoms with Crippen molar-refractivity contribution >= 4 is 28.8 Å². The Kier molecular flexibility index (Phi) is 5.78. The van der Waals surface area contributed by atoms with Crippen molar-refractivity contribution in [3.8, 4) is 11.5 Å². The van der Waals surface area contributed by atoms with Crippen molar-refractivity contribution in [2.24, 2.45) is 5.92 Å². The van der Waals surface area contributed by atoms with Gasteiger partial charge >= 0.3 is 0 Å². The number of hydrogen-bond acceptors (Lipinski definition) is 5. The number of hydrogen-bond donors (Lipinski definition) is 1. The molecule has 1 saturated heterocycles. The molecule has 6 nitrogen and oxygen atoms in total. The van der Waals surface area contributed by atoms with Crippen molar-refractivity contribution in [1.82, 2.24) is 5.32 Å². The molecule has 1 N–H and O–H groups in total. The molecule has 0 aliphatic carbocycles. The summed E-state index contributed by atoms with van der Waals surface area (Å²) in [5, 5.41) is 4.96. The van der Waals surface area contributed by atoms with Crippen LogP contribution in [0, 0.1) is 5.92 Å². The molecule has 1 atom stereocenters. The topological polar surface area (TPSA) is 67.9 Å². The van der Waals surface area contributed by atoms with Gasteiger partial charge in [0.15, 0.2) is 0 Å². The second-order valence-corrected chi connectivity index (χ2v) is 7.10. The second kappa shape index (κ2) is 8.23. The maximum absolute atomic E-state index is 12.5. The summed E-state index contributed by atoms with van der Waals surface area (Å²) in [6, 6.07) is 9.34. The molecular weight excluding hydrogens is 352 g/mol. The number of anilines is 1. The molecule has 1 fully saturated rings. The van der Waals surface area contributed by atoms with Gasteiger partial charge in [0.1, 0.15) is 11.5 Å². The van der Waals surface area contributed by atoms with E-state index in [4.69, 9.17) is 9.47 Å². The molecule has 2 heterocycles. The summed E-state index contributed by atoms with van der Waals surface area (Å²) >= 11 is 1.67. The SMILES string of the molecule is COc1ccc(OC)c(N2C[C@H](C(=O)NCCc3cccs3)CC2=O)c1. The Morgan fingerprint density at radius 2 is 2.15 bits per heavy atom. The summed E-state index contributed by atoms with van der Waals surface area (Å²) in [6.45, 7) is 0.916. The maximum atomic E-state index is 12.5. The van der Waals surface area contributed by atoms with Gasteiger partial charge in [-0.25, -0.2) is 0 Å². The lowest BCUT2D eigenvalue weighted by Crippen LogP contribution is -2.34. The number of ether oxygens (including phenoxy) is 2. The number of benzene rings is 1. The van der Waals surface area contributed by atoms with Crippen molar-refractivity contribution in [1.29, 1.82) is 0 Å². The molecule has 0 radical (unpaired) electrons. The van der Waals surface area contributed by atoms with E-state index in [9.17, 15) is 9.59 Å². The molecule has 138 valence electrons. The number of thiophene rings is 1. The Bertz CT molecular complexity index is 776. The third-order valence-electron chi connectivity index (χ3n) is 4.42. The van der Waals surface area contributed by atoms with E-state index < -0.39 is 0 Å². The third kappa shape index (κ3) is 3.99. The summed E-state index contributed by atoms with van der Waals surface area (Å²) in [7, 11) is 3.13. The molecule has 0 bridgehead atoms. The quantitative estimate of drug-likeness (QED) is 0.808. The van der Waals surface area contributed by atoms with E-state index in [-0.39, 0.29) is 24.2 Å². The zero-order valence-electron chi connectivity index (χ0n) is 14.9. The summed E-state index contributed by atoms with van der Waals surface area (Å²) in [5.41, 5.74) is 0.630. The van der Waals surface area contributed by atoms with Crippen LogP contribution in [0.3, 0.4) is 0 Å². The minimum Gasteiger partial charge on any atom is -0.497 e. The highest BCUT2D eigenvalue weighted by Gasteiger charge is 2.36. The average Bonchev–Trinajstić information content (AvgIpc) is 3.30. The van der Waals surface area contributed by atoms with Crippen LogP contribution >= 0.6 is 11.3 Å². The van der Waals surface area contributed by atoms with E-state index >= 15 is 0 Å². The Labute approximate surface area is 156 Å². The molecule has 0 unspecified atom stereocenters. The first-order valence-corrected chi connectivity index (χ1v) is 9.33. The lowest BCUT2D eigenvalue weighted by molar-refractivity contribution is -0.126. The predicted octanol–water partition coefficient (Wildman–Crippen LogP) is 2.48. The van der Waals surface area contributed by atoms with Crippen molar-refractivity contribution in [2.75, 3.05) is 32.2 Å². The van der Waals surface area contributed by atoms with Crippen LogP contribution in [0.2, 0.25) is 0 Å². The lowest BCUT2D eigenvalue weighted by atomic mass is 10.1. The molecule has 1 aliphatic rings. The summed E-state index contributed by atoms with van der Waals surface area (Å²) in [5.74, 6) is 0.686. The van der Waals surface area contributed by atoms with Gasteiger partial charge < -0.3 is 19.7 Å². The van der Waals surface area contributed by atoms with Gasteiger partial charge in [0, 0.05) is 30.5 Å². The van der Waals surface area contributed by atoms with Gasteiger partial charge in [0.05, 0.1) is 25.8 Å². The van der Waals surface area contributed by atoms with Gasteiger partial charge in [0.2, 0.25) is 11.8 Å². The van der Waals surface area contributed by atoms with E-state index in [0.29, 0.717) is 30.3 Å². The van der Waals surface area contributed by atoms with Gasteiger partial charge in [-0.2, -0.15) is 0 Å². The number of rotatable bonds is 7. The van der Waals surface area contributed by atoms with Gasteiger partial charge in [-0.3, -0.25) is 9.59 Å². The van der Waals surface area contributed by atoms with Gasteiger partial charge in [-0.15, -0.1) is 11.3 Å². The fourth-order valence-electron chi connectivity index (χ4n) is 3.03.